The first-order chi connectivity index (χ1) is 7.48. The Morgan fingerprint density at radius 3 is 2.00 bits per heavy atom. The van der Waals surface area contributed by atoms with Crippen LogP contribution in [0.2, 0.25) is 0 Å². The van der Waals surface area contributed by atoms with E-state index in [0.29, 0.717) is 0 Å². The summed E-state index contributed by atoms with van der Waals surface area (Å²) in [7, 11) is 2.03. The van der Waals surface area contributed by atoms with Crippen LogP contribution < -0.4 is 10.4 Å². The number of hydrogen-bond acceptors (Lipinski definition) is 5. The van der Waals surface area contributed by atoms with Crippen LogP contribution in [-0.4, -0.2) is 72.5 Å². The fraction of sp³-hybridized carbons (Fsp3) is 0.875. The Balaban J connectivity index is 0. The average Bonchev–Trinajstić information content (AvgIpc) is 1.98. The van der Waals surface area contributed by atoms with Crippen LogP contribution in [0.15, 0.2) is 0 Å². The van der Waals surface area contributed by atoms with E-state index in [-0.39, 0.29) is 6.61 Å². The van der Waals surface area contributed by atoms with Gasteiger partial charge in [-0.3, -0.25) is 4.57 Å². The van der Waals surface area contributed by atoms with Gasteiger partial charge in [-0.2, -0.15) is 0 Å². The maximum absolute atomic E-state index is 10.0. The summed E-state index contributed by atoms with van der Waals surface area (Å²) in [6.07, 6.45) is -0.638. The number of likely N-dealkylation sites (N-methyl/N-ethyl adjacent to an activating group) is 1. The fourth-order valence-corrected chi connectivity index (χ4v) is 1.01. The smallest absolute Gasteiger partial charge is 0.339 e. The zero-order chi connectivity index (χ0) is 14.1. The summed E-state index contributed by atoms with van der Waals surface area (Å²) in [6, 6.07) is 0. The molecular formula is C8H21N2O6P. The molecule has 0 aliphatic carbocycles. The lowest BCUT2D eigenvalue weighted by atomic mass is 10.5. The van der Waals surface area contributed by atoms with Gasteiger partial charge in [0.2, 0.25) is 0 Å². The monoisotopic (exact) mass is 272 g/mol. The summed E-state index contributed by atoms with van der Waals surface area (Å²) in [6.45, 7) is 0.564. The van der Waals surface area contributed by atoms with Gasteiger partial charge in [-0.15, -0.1) is 0 Å². The molecule has 0 fully saturated rings. The van der Waals surface area contributed by atoms with Crippen molar-refractivity contribution in [2.45, 2.75) is 0 Å². The van der Waals surface area contributed by atoms with E-state index in [1.54, 1.807) is 0 Å². The summed E-state index contributed by atoms with van der Waals surface area (Å²) in [5.41, 5.74) is 0. The third kappa shape index (κ3) is 25.6. The number of carboxylic acids is 1. The zero-order valence-electron chi connectivity index (χ0n) is 10.3. The molecule has 4 N–H and O–H groups in total. The maximum atomic E-state index is 10.0. The van der Waals surface area contributed by atoms with Crippen LogP contribution in [0.5, 0.6) is 0 Å². The summed E-state index contributed by atoms with van der Waals surface area (Å²) < 4.78 is 10.9. The second kappa shape index (κ2) is 8.57. The van der Waals surface area contributed by atoms with Crippen molar-refractivity contribution >= 4 is 13.6 Å². The van der Waals surface area contributed by atoms with Crippen LogP contribution in [0.3, 0.4) is 0 Å². The molecule has 0 radical (unpaired) electrons. The molecule has 0 unspecified atom stereocenters. The minimum absolute atomic E-state index is 0.281. The molecule has 0 spiro atoms. The van der Waals surface area contributed by atoms with E-state index in [1.165, 1.54) is 0 Å². The SMILES string of the molecule is C[N+](C)(C)CCO.O=C([O-])CNCP(=O)(O)O. The van der Waals surface area contributed by atoms with Crippen molar-refractivity contribution in [1.29, 1.82) is 0 Å². The molecule has 0 aromatic rings. The van der Waals surface area contributed by atoms with Gasteiger partial charge in [0.25, 0.3) is 0 Å². The Labute approximate surface area is 101 Å². The highest BCUT2D eigenvalue weighted by molar-refractivity contribution is 7.51. The van der Waals surface area contributed by atoms with Gasteiger partial charge in [-0.05, 0) is 0 Å². The normalized spacial score (nSPS) is 11.6. The van der Waals surface area contributed by atoms with Crippen LogP contribution >= 0.6 is 7.60 Å². The third-order valence-electron chi connectivity index (χ3n) is 1.36. The van der Waals surface area contributed by atoms with Crippen molar-refractivity contribution in [3.8, 4) is 0 Å². The number of aliphatic hydroxyl groups is 1. The predicted octanol–water partition coefficient (Wildman–Crippen LogP) is -2.85. The lowest BCUT2D eigenvalue weighted by molar-refractivity contribution is -0.870. The number of hydrogen-bond donors (Lipinski definition) is 4. The van der Waals surface area contributed by atoms with Gasteiger partial charge >= 0.3 is 7.60 Å². The van der Waals surface area contributed by atoms with E-state index in [2.05, 4.69) is 21.1 Å². The maximum Gasteiger partial charge on any atom is 0.339 e. The van der Waals surface area contributed by atoms with Crippen molar-refractivity contribution in [2.24, 2.45) is 0 Å². The number of quaternary nitrogens is 1. The van der Waals surface area contributed by atoms with E-state index in [9.17, 15) is 14.5 Å². The molecule has 104 valence electrons. The molecular weight excluding hydrogens is 251 g/mol. The van der Waals surface area contributed by atoms with Gasteiger partial charge in [0.15, 0.2) is 0 Å². The van der Waals surface area contributed by atoms with Crippen LogP contribution in [0.1, 0.15) is 0 Å². The van der Waals surface area contributed by atoms with E-state index in [1.807, 2.05) is 5.32 Å². The lowest BCUT2D eigenvalue weighted by Gasteiger charge is -2.21. The quantitative estimate of drug-likeness (QED) is 0.302. The molecule has 0 aromatic heterocycles. The Morgan fingerprint density at radius 2 is 1.82 bits per heavy atom. The van der Waals surface area contributed by atoms with Gasteiger partial charge in [0.05, 0.1) is 40.0 Å². The highest BCUT2D eigenvalue weighted by Gasteiger charge is 2.10. The second-order valence-electron chi connectivity index (χ2n) is 4.36. The minimum Gasteiger partial charge on any atom is -0.549 e. The Morgan fingerprint density at radius 1 is 1.35 bits per heavy atom. The summed E-state index contributed by atoms with van der Waals surface area (Å²) >= 11 is 0. The molecule has 0 saturated heterocycles. The Bertz CT molecular complexity index is 259. The number of nitrogens with zero attached hydrogens (tertiary/aromatic N) is 1. The van der Waals surface area contributed by atoms with Gasteiger partial charge in [0.1, 0.15) is 6.54 Å². The number of carbonyl (C=O) groups is 1. The number of carbonyl (C=O) groups excluding carboxylic acids is 1. The molecule has 0 amide bonds. The summed E-state index contributed by atoms with van der Waals surface area (Å²) in [5, 5.41) is 20.0. The molecule has 0 rings (SSSR count). The lowest BCUT2D eigenvalue weighted by Crippen LogP contribution is -2.36. The number of aliphatic hydroxyl groups excluding tert-OH is 1. The van der Waals surface area contributed by atoms with Crippen molar-refractivity contribution in [3.05, 3.63) is 0 Å². The topological polar surface area (TPSA) is 130 Å². The average molecular weight is 272 g/mol. The fourth-order valence-electron chi connectivity index (χ4n) is 0.604. The second-order valence-corrected chi connectivity index (χ2v) is 6.00. The van der Waals surface area contributed by atoms with E-state index in [4.69, 9.17) is 14.9 Å². The van der Waals surface area contributed by atoms with Gasteiger partial charge in [-0.25, -0.2) is 0 Å². The number of aliphatic carboxylic acids is 1. The van der Waals surface area contributed by atoms with Crippen molar-refractivity contribution in [1.82, 2.24) is 5.32 Å². The van der Waals surface area contributed by atoms with E-state index in [0.717, 1.165) is 11.0 Å². The number of rotatable bonds is 6. The van der Waals surface area contributed by atoms with Crippen molar-refractivity contribution in [2.75, 3.05) is 47.1 Å². The molecule has 9 heteroatoms. The number of carboxylic acid groups (broad SMARTS) is 1. The predicted molar refractivity (Wildman–Crippen MR) is 59.9 cm³/mol. The van der Waals surface area contributed by atoms with E-state index < -0.39 is 26.4 Å². The third-order valence-corrected chi connectivity index (χ3v) is 1.99. The first-order valence-corrected chi connectivity index (χ1v) is 6.64. The zero-order valence-corrected chi connectivity index (χ0v) is 11.2. The highest BCUT2D eigenvalue weighted by atomic mass is 31.2. The molecule has 0 aliphatic rings. The van der Waals surface area contributed by atoms with Gasteiger partial charge < -0.3 is 34.6 Å². The Kier molecular flexibility index (Phi) is 9.51. The summed E-state index contributed by atoms with van der Waals surface area (Å²) in [4.78, 5) is 26.0. The Hall–Kier alpha value is -0.500. The molecule has 0 heterocycles. The van der Waals surface area contributed by atoms with Gasteiger partial charge in [0, 0.05) is 6.54 Å². The van der Waals surface area contributed by atoms with Crippen LogP contribution in [-0.2, 0) is 9.36 Å². The molecule has 17 heavy (non-hydrogen) atoms. The molecule has 0 aliphatic heterocycles. The van der Waals surface area contributed by atoms with Crippen LogP contribution in [0, 0.1) is 0 Å². The molecule has 0 bridgehead atoms. The van der Waals surface area contributed by atoms with E-state index >= 15 is 0 Å². The summed E-state index contributed by atoms with van der Waals surface area (Å²) in [5.74, 6) is -1.39. The van der Waals surface area contributed by atoms with Crippen LogP contribution in [0.4, 0.5) is 0 Å². The van der Waals surface area contributed by atoms with Crippen molar-refractivity contribution in [3.63, 3.8) is 0 Å². The van der Waals surface area contributed by atoms with Crippen molar-refractivity contribution < 1.29 is 33.8 Å². The first-order valence-electron chi connectivity index (χ1n) is 4.84. The molecule has 0 aromatic carbocycles. The minimum atomic E-state index is -4.12. The largest absolute Gasteiger partial charge is 0.549 e. The molecule has 0 atom stereocenters. The number of nitrogens with one attached hydrogen (secondary N) is 1. The molecule has 0 saturated carbocycles. The highest BCUT2D eigenvalue weighted by Crippen LogP contribution is 2.31. The first kappa shape index (κ1) is 18.9. The molecule has 8 nitrogen and oxygen atoms in total. The van der Waals surface area contributed by atoms with Crippen LogP contribution in [0.25, 0.3) is 0 Å². The standard InChI is InChI=1S/C5H14NO.C3H8NO5P/c1-6(2,3)4-5-7;5-3(6)1-4-2-10(7,8)9/h7H,4-5H2,1-3H3;4H,1-2H2,(H,5,6)(H2,7,8,9)/q+1;/p-1. The van der Waals surface area contributed by atoms with Gasteiger partial charge in [-0.1, -0.05) is 0 Å².